The van der Waals surface area contributed by atoms with E-state index >= 15 is 0 Å². The molecule has 2 rings (SSSR count). The molecule has 1 aliphatic carbocycles. The Bertz CT molecular complexity index is 223. The van der Waals surface area contributed by atoms with E-state index < -0.39 is 0 Å². The summed E-state index contributed by atoms with van der Waals surface area (Å²) in [5.74, 6) is 1.04. The first-order chi connectivity index (χ1) is 8.92. The topological polar surface area (TPSA) is 24.5 Å². The quantitative estimate of drug-likeness (QED) is 0.673. The maximum atomic E-state index is 5.02. The van der Waals surface area contributed by atoms with E-state index in [9.17, 15) is 0 Å². The molecule has 18 heavy (non-hydrogen) atoms. The van der Waals surface area contributed by atoms with Crippen LogP contribution in [-0.4, -0.2) is 50.8 Å². The molecule has 3 heteroatoms. The van der Waals surface area contributed by atoms with E-state index in [0.717, 1.165) is 31.7 Å². The molecule has 1 saturated heterocycles. The summed E-state index contributed by atoms with van der Waals surface area (Å²) in [6.07, 6.45) is 10.0. The molecule has 0 radical (unpaired) electrons. The third-order valence-corrected chi connectivity index (χ3v) is 4.66. The van der Waals surface area contributed by atoms with Crippen LogP contribution in [0.25, 0.3) is 0 Å². The van der Waals surface area contributed by atoms with Gasteiger partial charge in [0, 0.05) is 19.7 Å². The molecule has 0 amide bonds. The molecule has 0 aromatic heterocycles. The fourth-order valence-electron chi connectivity index (χ4n) is 3.64. The van der Waals surface area contributed by atoms with Crippen LogP contribution < -0.4 is 5.32 Å². The van der Waals surface area contributed by atoms with Crippen molar-refractivity contribution in [3.63, 3.8) is 0 Å². The maximum absolute atomic E-state index is 5.02. The molecule has 3 nitrogen and oxygen atoms in total. The van der Waals surface area contributed by atoms with Crippen LogP contribution in [-0.2, 0) is 4.74 Å². The number of nitrogens with one attached hydrogen (secondary N) is 1. The van der Waals surface area contributed by atoms with Crippen LogP contribution >= 0.6 is 0 Å². The molecule has 1 aliphatic heterocycles. The van der Waals surface area contributed by atoms with Gasteiger partial charge in [-0.2, -0.15) is 0 Å². The van der Waals surface area contributed by atoms with Crippen molar-refractivity contribution in [1.82, 2.24) is 10.2 Å². The molecule has 1 saturated carbocycles. The smallest absolute Gasteiger partial charge is 0.0587 e. The van der Waals surface area contributed by atoms with Crippen molar-refractivity contribution in [3.05, 3.63) is 0 Å². The van der Waals surface area contributed by atoms with Gasteiger partial charge in [0.05, 0.1) is 6.61 Å². The third-order valence-electron chi connectivity index (χ3n) is 4.66. The van der Waals surface area contributed by atoms with Crippen molar-refractivity contribution in [2.75, 3.05) is 39.9 Å². The predicted molar refractivity (Wildman–Crippen MR) is 75.9 cm³/mol. The maximum Gasteiger partial charge on any atom is 0.0587 e. The van der Waals surface area contributed by atoms with Gasteiger partial charge in [-0.1, -0.05) is 12.8 Å². The second-order valence-electron chi connectivity index (χ2n) is 5.89. The highest BCUT2D eigenvalue weighted by Crippen LogP contribution is 2.35. The van der Waals surface area contributed by atoms with E-state index in [1.165, 1.54) is 58.0 Å². The van der Waals surface area contributed by atoms with Gasteiger partial charge in [0.25, 0.3) is 0 Å². The zero-order chi connectivity index (χ0) is 12.6. The van der Waals surface area contributed by atoms with Gasteiger partial charge in [0.15, 0.2) is 0 Å². The minimum Gasteiger partial charge on any atom is -0.383 e. The number of ether oxygens (including phenoxy) is 1. The molecule has 0 bridgehead atoms. The zero-order valence-electron chi connectivity index (χ0n) is 12.0. The Labute approximate surface area is 112 Å². The van der Waals surface area contributed by atoms with Crippen molar-refractivity contribution >= 4 is 0 Å². The van der Waals surface area contributed by atoms with Crippen LogP contribution in [0.4, 0.5) is 0 Å². The normalized spacial score (nSPS) is 28.5. The van der Waals surface area contributed by atoms with Gasteiger partial charge in [0.2, 0.25) is 0 Å². The molecule has 2 aliphatic rings. The predicted octanol–water partition coefficient (Wildman–Crippen LogP) is 2.27. The highest BCUT2D eigenvalue weighted by Gasteiger charge is 2.34. The van der Waals surface area contributed by atoms with Crippen molar-refractivity contribution < 1.29 is 4.74 Å². The van der Waals surface area contributed by atoms with Crippen LogP contribution in [0.15, 0.2) is 0 Å². The summed E-state index contributed by atoms with van der Waals surface area (Å²) in [5.41, 5.74) is 0. The van der Waals surface area contributed by atoms with Gasteiger partial charge in [-0.05, 0) is 57.7 Å². The third kappa shape index (κ3) is 4.22. The second kappa shape index (κ2) is 8.13. The lowest BCUT2D eigenvalue weighted by atomic mass is 9.85. The van der Waals surface area contributed by atoms with E-state index in [1.54, 1.807) is 7.11 Å². The monoisotopic (exact) mass is 254 g/mol. The number of fused-ring (bicyclic) bond motifs is 1. The lowest BCUT2D eigenvalue weighted by Crippen LogP contribution is -2.35. The molecule has 2 fully saturated rings. The summed E-state index contributed by atoms with van der Waals surface area (Å²) in [6, 6.07) is 0.945. The van der Waals surface area contributed by atoms with Gasteiger partial charge in [-0.25, -0.2) is 0 Å². The minimum absolute atomic E-state index is 0.829. The Kier molecular flexibility index (Phi) is 6.46. The molecule has 2 unspecified atom stereocenters. The van der Waals surface area contributed by atoms with Crippen LogP contribution in [0.3, 0.4) is 0 Å². The number of methoxy groups -OCH3 is 1. The molecule has 0 aromatic rings. The van der Waals surface area contributed by atoms with Crippen LogP contribution in [0.5, 0.6) is 0 Å². The number of rotatable bonds is 8. The first kappa shape index (κ1) is 14.3. The second-order valence-corrected chi connectivity index (χ2v) is 5.89. The molecule has 1 heterocycles. The minimum atomic E-state index is 0.829. The van der Waals surface area contributed by atoms with E-state index in [4.69, 9.17) is 4.74 Å². The number of hydrogen-bond donors (Lipinski definition) is 1. The van der Waals surface area contributed by atoms with Gasteiger partial charge in [-0.15, -0.1) is 0 Å². The lowest BCUT2D eigenvalue weighted by molar-refractivity contribution is 0.179. The van der Waals surface area contributed by atoms with Gasteiger partial charge >= 0.3 is 0 Å². The Morgan fingerprint density at radius 3 is 2.89 bits per heavy atom. The van der Waals surface area contributed by atoms with Gasteiger partial charge < -0.3 is 15.0 Å². The zero-order valence-corrected chi connectivity index (χ0v) is 12.0. The highest BCUT2D eigenvalue weighted by molar-refractivity contribution is 4.89. The summed E-state index contributed by atoms with van der Waals surface area (Å²) in [6.45, 7) is 5.66. The van der Waals surface area contributed by atoms with Gasteiger partial charge in [-0.3, -0.25) is 0 Å². The van der Waals surface area contributed by atoms with Crippen molar-refractivity contribution in [1.29, 1.82) is 0 Å². The molecule has 0 aromatic carbocycles. The summed E-state index contributed by atoms with van der Waals surface area (Å²) in [5, 5.41) is 3.42. The average Bonchev–Trinajstić information content (AvgIpc) is 2.81. The molecule has 106 valence electrons. The van der Waals surface area contributed by atoms with E-state index in [2.05, 4.69) is 10.2 Å². The summed E-state index contributed by atoms with van der Waals surface area (Å²) < 4.78 is 5.02. The standard InChI is InChI=1S/C15H30N2O/c1-18-13-10-16-9-4-5-11-17-12-8-14-6-2-3-7-15(14)17/h14-16H,2-13H2,1H3. The van der Waals surface area contributed by atoms with Crippen LogP contribution in [0.1, 0.15) is 44.9 Å². The summed E-state index contributed by atoms with van der Waals surface area (Å²) in [7, 11) is 1.76. The Hall–Kier alpha value is -0.120. The molecular weight excluding hydrogens is 224 g/mol. The number of likely N-dealkylation sites (tertiary alicyclic amines) is 1. The average molecular weight is 254 g/mol. The van der Waals surface area contributed by atoms with Crippen LogP contribution in [0.2, 0.25) is 0 Å². The van der Waals surface area contributed by atoms with Crippen molar-refractivity contribution in [3.8, 4) is 0 Å². The fourth-order valence-corrected chi connectivity index (χ4v) is 3.64. The summed E-state index contributed by atoms with van der Waals surface area (Å²) in [4.78, 5) is 2.78. The van der Waals surface area contributed by atoms with E-state index in [1.807, 2.05) is 0 Å². The molecular formula is C15H30N2O. The SMILES string of the molecule is COCCNCCCCN1CCC2CCCCC21. The number of hydrogen-bond acceptors (Lipinski definition) is 3. The molecule has 2 atom stereocenters. The largest absolute Gasteiger partial charge is 0.383 e. The highest BCUT2D eigenvalue weighted by atomic mass is 16.5. The number of nitrogens with zero attached hydrogens (tertiary/aromatic N) is 1. The van der Waals surface area contributed by atoms with E-state index in [-0.39, 0.29) is 0 Å². The van der Waals surface area contributed by atoms with Crippen molar-refractivity contribution in [2.45, 2.75) is 51.0 Å². The first-order valence-corrected chi connectivity index (χ1v) is 7.85. The Morgan fingerprint density at radius 1 is 1.11 bits per heavy atom. The summed E-state index contributed by atoms with van der Waals surface area (Å²) >= 11 is 0. The Morgan fingerprint density at radius 2 is 2.00 bits per heavy atom. The Balaban J connectivity index is 1.51. The first-order valence-electron chi connectivity index (χ1n) is 7.85. The van der Waals surface area contributed by atoms with E-state index in [0.29, 0.717) is 0 Å². The molecule has 0 spiro atoms. The van der Waals surface area contributed by atoms with Crippen LogP contribution in [0, 0.1) is 5.92 Å². The number of unbranched alkanes of at least 4 members (excludes halogenated alkanes) is 1. The molecule has 1 N–H and O–H groups in total. The fraction of sp³-hybridized carbons (Fsp3) is 1.00. The van der Waals surface area contributed by atoms with Gasteiger partial charge in [0.1, 0.15) is 0 Å². The van der Waals surface area contributed by atoms with Crippen molar-refractivity contribution in [2.24, 2.45) is 5.92 Å². The lowest BCUT2D eigenvalue weighted by Gasteiger charge is -2.31.